The van der Waals surface area contributed by atoms with Gasteiger partial charge in [0.05, 0.1) is 6.04 Å². The van der Waals surface area contributed by atoms with Gasteiger partial charge in [-0.15, -0.1) is 0 Å². The molecule has 0 aromatic heterocycles. The maximum Gasteiger partial charge on any atom is 0.239 e. The minimum Gasteiger partial charge on any atom is -0.337 e. The number of carbonyl (C=O) groups excluding carboxylic acids is 1. The predicted molar refractivity (Wildman–Crippen MR) is 59.4 cm³/mol. The molecule has 4 nitrogen and oxygen atoms in total. The Morgan fingerprint density at radius 2 is 2.07 bits per heavy atom. The summed E-state index contributed by atoms with van der Waals surface area (Å²) in [7, 11) is 2.13. The molecule has 0 radical (unpaired) electrons. The molecule has 0 aromatic carbocycles. The van der Waals surface area contributed by atoms with Gasteiger partial charge < -0.3 is 15.5 Å². The van der Waals surface area contributed by atoms with Crippen LogP contribution in [-0.2, 0) is 4.79 Å². The van der Waals surface area contributed by atoms with Crippen molar-refractivity contribution in [2.75, 3.05) is 26.7 Å². The Morgan fingerprint density at radius 3 is 2.73 bits per heavy atom. The molecule has 15 heavy (non-hydrogen) atoms. The number of hydrogen-bond donors (Lipinski definition) is 1. The number of amides is 1. The van der Waals surface area contributed by atoms with Crippen molar-refractivity contribution >= 4 is 5.91 Å². The van der Waals surface area contributed by atoms with Crippen LogP contribution in [0.15, 0.2) is 0 Å². The predicted octanol–water partition coefficient (Wildman–Crippen LogP) is -0.114. The number of nitrogens with two attached hydrogens (primary N) is 1. The smallest absolute Gasteiger partial charge is 0.239 e. The monoisotopic (exact) mass is 211 g/mol. The first-order valence-corrected chi connectivity index (χ1v) is 5.84. The zero-order valence-corrected chi connectivity index (χ0v) is 9.65. The van der Waals surface area contributed by atoms with Gasteiger partial charge in [0.1, 0.15) is 0 Å². The van der Waals surface area contributed by atoms with E-state index in [-0.39, 0.29) is 11.9 Å². The Hall–Kier alpha value is -0.610. The molecule has 2 saturated heterocycles. The molecule has 0 aromatic rings. The van der Waals surface area contributed by atoms with Crippen LogP contribution < -0.4 is 5.73 Å². The highest BCUT2D eigenvalue weighted by atomic mass is 16.2. The number of hydrogen-bond acceptors (Lipinski definition) is 3. The van der Waals surface area contributed by atoms with E-state index in [2.05, 4.69) is 11.9 Å². The molecule has 2 aliphatic rings. The van der Waals surface area contributed by atoms with Crippen LogP contribution in [0.3, 0.4) is 0 Å². The summed E-state index contributed by atoms with van der Waals surface area (Å²) in [5.74, 6) is 0.835. The first-order chi connectivity index (χ1) is 7.09. The molecule has 2 rings (SSSR count). The van der Waals surface area contributed by atoms with E-state index in [0.29, 0.717) is 12.0 Å². The van der Waals surface area contributed by atoms with Gasteiger partial charge in [-0.1, -0.05) is 0 Å². The number of rotatable bonds is 1. The van der Waals surface area contributed by atoms with E-state index >= 15 is 0 Å². The molecule has 2 fully saturated rings. The summed E-state index contributed by atoms with van der Waals surface area (Å²) in [5.41, 5.74) is 5.67. The second-order valence-corrected chi connectivity index (χ2v) is 4.99. The third-order valence-electron chi connectivity index (χ3n) is 3.74. The average molecular weight is 211 g/mol. The lowest BCUT2D eigenvalue weighted by Gasteiger charge is -2.37. The Balaban J connectivity index is 2.05. The number of nitrogens with zero attached hydrogens (tertiary/aromatic N) is 2. The van der Waals surface area contributed by atoms with Gasteiger partial charge in [0.25, 0.3) is 0 Å². The molecule has 0 bridgehead atoms. The Bertz CT molecular complexity index is 254. The highest BCUT2D eigenvalue weighted by Crippen LogP contribution is 2.31. The number of carbonyl (C=O) groups is 1. The van der Waals surface area contributed by atoms with Crippen molar-refractivity contribution < 1.29 is 4.79 Å². The van der Waals surface area contributed by atoms with Crippen LogP contribution in [0.4, 0.5) is 0 Å². The lowest BCUT2D eigenvalue weighted by atomic mass is 9.92. The van der Waals surface area contributed by atoms with Crippen LogP contribution in [0.25, 0.3) is 0 Å². The summed E-state index contributed by atoms with van der Waals surface area (Å²) in [4.78, 5) is 16.2. The fraction of sp³-hybridized carbons (Fsp3) is 0.909. The van der Waals surface area contributed by atoms with Crippen LogP contribution in [0.5, 0.6) is 0 Å². The molecular formula is C11H21N3O. The van der Waals surface area contributed by atoms with Crippen molar-refractivity contribution in [2.24, 2.45) is 11.7 Å². The van der Waals surface area contributed by atoms with Crippen molar-refractivity contribution in [1.82, 2.24) is 9.80 Å². The molecule has 1 amide bonds. The molecule has 3 atom stereocenters. The Labute approximate surface area is 91.4 Å². The quantitative estimate of drug-likeness (QED) is 0.658. The molecule has 3 unspecified atom stereocenters. The maximum atomic E-state index is 11.9. The van der Waals surface area contributed by atoms with Gasteiger partial charge in [-0.3, -0.25) is 4.79 Å². The second-order valence-electron chi connectivity index (χ2n) is 4.99. The SMILES string of the molecule is CC(N)C(=O)N1CCC2CCN(C)CC21. The standard InChI is InChI=1S/C11H21N3O/c1-8(12)11(15)14-6-4-9-3-5-13(2)7-10(9)14/h8-10H,3-7,12H2,1-2H3. The lowest BCUT2D eigenvalue weighted by molar-refractivity contribution is -0.134. The van der Waals surface area contributed by atoms with Crippen LogP contribution in [0.1, 0.15) is 19.8 Å². The Kier molecular flexibility index (Phi) is 2.98. The van der Waals surface area contributed by atoms with Crippen molar-refractivity contribution in [3.05, 3.63) is 0 Å². The highest BCUT2D eigenvalue weighted by Gasteiger charge is 2.40. The van der Waals surface area contributed by atoms with Gasteiger partial charge >= 0.3 is 0 Å². The molecule has 4 heteroatoms. The van der Waals surface area contributed by atoms with Crippen molar-refractivity contribution in [3.8, 4) is 0 Å². The summed E-state index contributed by atoms with van der Waals surface area (Å²) in [5, 5.41) is 0. The van der Waals surface area contributed by atoms with E-state index in [0.717, 1.165) is 19.5 Å². The summed E-state index contributed by atoms with van der Waals surface area (Å²) in [6.45, 7) is 4.87. The van der Waals surface area contributed by atoms with Gasteiger partial charge in [-0.2, -0.15) is 0 Å². The van der Waals surface area contributed by atoms with Gasteiger partial charge in [-0.05, 0) is 39.3 Å². The first-order valence-electron chi connectivity index (χ1n) is 5.84. The topological polar surface area (TPSA) is 49.6 Å². The largest absolute Gasteiger partial charge is 0.337 e. The number of likely N-dealkylation sites (N-methyl/N-ethyl adjacent to an activating group) is 1. The maximum absolute atomic E-state index is 11.9. The van der Waals surface area contributed by atoms with E-state index < -0.39 is 0 Å². The van der Waals surface area contributed by atoms with E-state index in [1.807, 2.05) is 4.90 Å². The van der Waals surface area contributed by atoms with Crippen LogP contribution >= 0.6 is 0 Å². The second kappa shape index (κ2) is 4.10. The fourth-order valence-electron chi connectivity index (χ4n) is 2.83. The number of fused-ring (bicyclic) bond motifs is 1. The van der Waals surface area contributed by atoms with Gasteiger partial charge in [0.15, 0.2) is 0 Å². The number of likely N-dealkylation sites (tertiary alicyclic amines) is 2. The third-order valence-corrected chi connectivity index (χ3v) is 3.74. The third kappa shape index (κ3) is 2.01. The van der Waals surface area contributed by atoms with E-state index in [9.17, 15) is 4.79 Å². The lowest BCUT2D eigenvalue weighted by Crippen LogP contribution is -2.52. The van der Waals surface area contributed by atoms with E-state index in [1.165, 1.54) is 13.0 Å². The minimum atomic E-state index is -0.351. The summed E-state index contributed by atoms with van der Waals surface area (Å²) in [6, 6.07) is 0.0678. The summed E-state index contributed by atoms with van der Waals surface area (Å²) in [6.07, 6.45) is 2.39. The van der Waals surface area contributed by atoms with Gasteiger partial charge in [-0.25, -0.2) is 0 Å². The highest BCUT2D eigenvalue weighted by molar-refractivity contribution is 5.81. The number of piperidine rings is 1. The molecule has 2 heterocycles. The first kappa shape index (κ1) is 10.9. The average Bonchev–Trinajstić information content (AvgIpc) is 2.59. The molecule has 0 spiro atoms. The van der Waals surface area contributed by atoms with Gasteiger partial charge in [0.2, 0.25) is 5.91 Å². The van der Waals surface area contributed by atoms with Gasteiger partial charge in [0, 0.05) is 19.1 Å². The zero-order chi connectivity index (χ0) is 11.0. The van der Waals surface area contributed by atoms with Crippen LogP contribution in [0.2, 0.25) is 0 Å². The zero-order valence-electron chi connectivity index (χ0n) is 9.65. The van der Waals surface area contributed by atoms with Crippen molar-refractivity contribution in [1.29, 1.82) is 0 Å². The molecular weight excluding hydrogens is 190 g/mol. The summed E-state index contributed by atoms with van der Waals surface area (Å²) >= 11 is 0. The molecule has 0 aliphatic carbocycles. The van der Waals surface area contributed by atoms with Crippen molar-refractivity contribution in [3.63, 3.8) is 0 Å². The molecule has 86 valence electrons. The van der Waals surface area contributed by atoms with Crippen LogP contribution in [0, 0.1) is 5.92 Å². The Morgan fingerprint density at radius 1 is 1.40 bits per heavy atom. The molecule has 0 saturated carbocycles. The van der Waals surface area contributed by atoms with Crippen molar-refractivity contribution in [2.45, 2.75) is 31.8 Å². The van der Waals surface area contributed by atoms with Crippen LogP contribution in [-0.4, -0.2) is 54.5 Å². The molecule has 2 N–H and O–H groups in total. The normalized spacial score (nSPS) is 33.9. The summed E-state index contributed by atoms with van der Waals surface area (Å²) < 4.78 is 0. The minimum absolute atomic E-state index is 0.123. The molecule has 2 aliphatic heterocycles. The van der Waals surface area contributed by atoms with E-state index in [1.54, 1.807) is 6.92 Å². The van der Waals surface area contributed by atoms with E-state index in [4.69, 9.17) is 5.73 Å². The fourth-order valence-corrected chi connectivity index (χ4v) is 2.83.